The highest BCUT2D eigenvalue weighted by Crippen LogP contribution is 2.20. The lowest BCUT2D eigenvalue weighted by Gasteiger charge is -2.34. The smallest absolute Gasteiger partial charge is 0.211 e. The number of sulfonamides is 1. The minimum absolute atomic E-state index is 0.430. The van der Waals surface area contributed by atoms with E-state index in [-0.39, 0.29) is 0 Å². The van der Waals surface area contributed by atoms with Crippen molar-refractivity contribution >= 4 is 15.8 Å². The van der Waals surface area contributed by atoms with Gasteiger partial charge < -0.3 is 4.90 Å². The van der Waals surface area contributed by atoms with Crippen molar-refractivity contribution < 1.29 is 8.42 Å². The average molecular weight is 280 g/mol. The Morgan fingerprint density at radius 2 is 1.89 bits per heavy atom. The number of nitriles is 1. The van der Waals surface area contributed by atoms with E-state index in [0.29, 0.717) is 37.6 Å². The fraction of sp³-hybridized carbons (Fsp3) is 0.500. The molecule has 0 radical (unpaired) electrons. The van der Waals surface area contributed by atoms with Crippen molar-refractivity contribution in [1.82, 2.24) is 9.29 Å². The van der Waals surface area contributed by atoms with Crippen LogP contribution in [0.3, 0.4) is 0 Å². The summed E-state index contributed by atoms with van der Waals surface area (Å²) in [5, 5.41) is 9.10. The largest absolute Gasteiger partial charge is 0.353 e. The Bertz CT molecular complexity index is 613. The Balaban J connectivity index is 2.19. The maximum atomic E-state index is 11.4. The molecule has 2 heterocycles. The lowest BCUT2D eigenvalue weighted by molar-refractivity contribution is 0.387. The Morgan fingerprint density at radius 3 is 2.42 bits per heavy atom. The summed E-state index contributed by atoms with van der Waals surface area (Å²) in [5.41, 5.74) is 1.37. The van der Waals surface area contributed by atoms with Crippen LogP contribution in [0, 0.1) is 18.3 Å². The molecule has 2 rings (SSSR count). The first kappa shape index (κ1) is 13.8. The molecule has 7 heteroatoms. The molecular weight excluding hydrogens is 264 g/mol. The van der Waals surface area contributed by atoms with Gasteiger partial charge in [-0.2, -0.15) is 9.57 Å². The van der Waals surface area contributed by atoms with Crippen molar-refractivity contribution in [3.8, 4) is 6.07 Å². The quantitative estimate of drug-likeness (QED) is 0.781. The summed E-state index contributed by atoms with van der Waals surface area (Å²) in [6.07, 6.45) is 1.22. The second kappa shape index (κ2) is 5.15. The van der Waals surface area contributed by atoms with Crippen molar-refractivity contribution in [2.24, 2.45) is 0 Å². The van der Waals surface area contributed by atoms with Crippen LogP contribution in [-0.4, -0.2) is 50.1 Å². The summed E-state index contributed by atoms with van der Waals surface area (Å²) in [6.45, 7) is 3.84. The second-order valence-electron chi connectivity index (χ2n) is 4.58. The molecule has 6 nitrogen and oxygen atoms in total. The van der Waals surface area contributed by atoms with Gasteiger partial charge in [0.15, 0.2) is 0 Å². The molecule has 1 aromatic rings. The third-order valence-electron chi connectivity index (χ3n) is 3.14. The highest BCUT2D eigenvalue weighted by molar-refractivity contribution is 7.88. The van der Waals surface area contributed by atoms with Gasteiger partial charge in [0.1, 0.15) is 11.9 Å². The van der Waals surface area contributed by atoms with Gasteiger partial charge in [-0.05, 0) is 19.1 Å². The zero-order valence-electron chi connectivity index (χ0n) is 11.0. The molecule has 0 aromatic carbocycles. The van der Waals surface area contributed by atoms with Crippen LogP contribution in [0.15, 0.2) is 12.1 Å². The van der Waals surface area contributed by atoms with Crippen molar-refractivity contribution in [2.45, 2.75) is 6.92 Å². The Labute approximate surface area is 113 Å². The third kappa shape index (κ3) is 3.03. The molecule has 0 bridgehead atoms. The number of nitrogens with zero attached hydrogens (tertiary/aromatic N) is 4. The highest BCUT2D eigenvalue weighted by atomic mass is 32.2. The highest BCUT2D eigenvalue weighted by Gasteiger charge is 2.25. The van der Waals surface area contributed by atoms with E-state index in [1.807, 2.05) is 11.8 Å². The van der Waals surface area contributed by atoms with Gasteiger partial charge in [-0.3, -0.25) is 0 Å². The molecule has 0 amide bonds. The van der Waals surface area contributed by atoms with Crippen LogP contribution >= 0.6 is 0 Å². The van der Waals surface area contributed by atoms with E-state index in [2.05, 4.69) is 11.1 Å². The molecule has 0 N–H and O–H groups in total. The second-order valence-corrected chi connectivity index (χ2v) is 6.57. The SMILES string of the molecule is Cc1ccc(C#N)c(N2CCN(S(C)(=O)=O)CC2)n1. The zero-order valence-corrected chi connectivity index (χ0v) is 11.8. The number of anilines is 1. The molecule has 0 saturated carbocycles. The van der Waals surface area contributed by atoms with E-state index < -0.39 is 10.0 Å². The molecular formula is C12H16N4O2S. The molecule has 1 aliphatic heterocycles. The van der Waals surface area contributed by atoms with Crippen LogP contribution in [0.2, 0.25) is 0 Å². The monoisotopic (exact) mass is 280 g/mol. The molecule has 19 heavy (non-hydrogen) atoms. The van der Waals surface area contributed by atoms with Crippen molar-refractivity contribution in [3.05, 3.63) is 23.4 Å². The van der Waals surface area contributed by atoms with Gasteiger partial charge in [-0.15, -0.1) is 0 Å². The number of aromatic nitrogens is 1. The molecule has 1 fully saturated rings. The summed E-state index contributed by atoms with van der Waals surface area (Å²) in [5.74, 6) is 0.649. The number of rotatable bonds is 2. The first-order chi connectivity index (χ1) is 8.91. The zero-order chi connectivity index (χ0) is 14.0. The van der Waals surface area contributed by atoms with E-state index in [9.17, 15) is 8.42 Å². The summed E-state index contributed by atoms with van der Waals surface area (Å²) < 4.78 is 24.3. The summed E-state index contributed by atoms with van der Waals surface area (Å²) >= 11 is 0. The van der Waals surface area contributed by atoms with Crippen molar-refractivity contribution in [3.63, 3.8) is 0 Å². The molecule has 1 aromatic heterocycles. The molecule has 0 atom stereocenters. The number of pyridine rings is 1. The van der Waals surface area contributed by atoms with Crippen LogP contribution in [-0.2, 0) is 10.0 Å². The molecule has 0 unspecified atom stereocenters. The van der Waals surface area contributed by atoms with Gasteiger partial charge in [0.05, 0.1) is 11.8 Å². The fourth-order valence-electron chi connectivity index (χ4n) is 2.10. The Morgan fingerprint density at radius 1 is 1.26 bits per heavy atom. The summed E-state index contributed by atoms with van der Waals surface area (Å²) in [4.78, 5) is 6.36. The van der Waals surface area contributed by atoms with Crippen LogP contribution in [0.25, 0.3) is 0 Å². The number of hydrogen-bond donors (Lipinski definition) is 0. The first-order valence-electron chi connectivity index (χ1n) is 5.99. The van der Waals surface area contributed by atoms with Crippen molar-refractivity contribution in [1.29, 1.82) is 5.26 Å². The summed E-state index contributed by atoms with van der Waals surface area (Å²) in [6, 6.07) is 5.68. The minimum atomic E-state index is -3.13. The molecule has 1 aliphatic rings. The van der Waals surface area contributed by atoms with Crippen LogP contribution in [0.5, 0.6) is 0 Å². The lowest BCUT2D eigenvalue weighted by atomic mass is 10.2. The fourth-order valence-corrected chi connectivity index (χ4v) is 2.93. The van der Waals surface area contributed by atoms with Crippen LogP contribution < -0.4 is 4.90 Å². The number of piperazine rings is 1. The Kier molecular flexibility index (Phi) is 3.73. The first-order valence-corrected chi connectivity index (χ1v) is 7.84. The van der Waals surface area contributed by atoms with Crippen molar-refractivity contribution in [2.75, 3.05) is 37.3 Å². The predicted octanol–water partition coefficient (Wildman–Crippen LogP) is 0.343. The number of aryl methyl sites for hydroxylation is 1. The summed E-state index contributed by atoms with van der Waals surface area (Å²) in [7, 11) is -3.13. The maximum absolute atomic E-state index is 11.4. The Hall–Kier alpha value is -1.65. The molecule has 0 spiro atoms. The van der Waals surface area contributed by atoms with E-state index in [1.165, 1.54) is 10.6 Å². The third-order valence-corrected chi connectivity index (χ3v) is 4.45. The van der Waals surface area contributed by atoms with Gasteiger partial charge in [0, 0.05) is 31.9 Å². The van der Waals surface area contributed by atoms with Gasteiger partial charge in [0.25, 0.3) is 0 Å². The average Bonchev–Trinajstić information content (AvgIpc) is 2.38. The van der Waals surface area contributed by atoms with Gasteiger partial charge in [-0.25, -0.2) is 13.4 Å². The van der Waals surface area contributed by atoms with Gasteiger partial charge in [-0.1, -0.05) is 0 Å². The standard InChI is InChI=1S/C12H16N4O2S/c1-10-3-4-11(9-13)12(14-10)15-5-7-16(8-6-15)19(2,17)18/h3-4H,5-8H2,1-2H3. The normalized spacial score (nSPS) is 17.2. The maximum Gasteiger partial charge on any atom is 0.211 e. The minimum Gasteiger partial charge on any atom is -0.353 e. The van der Waals surface area contributed by atoms with E-state index >= 15 is 0 Å². The van der Waals surface area contributed by atoms with E-state index in [1.54, 1.807) is 12.1 Å². The van der Waals surface area contributed by atoms with Gasteiger partial charge >= 0.3 is 0 Å². The van der Waals surface area contributed by atoms with Crippen LogP contribution in [0.4, 0.5) is 5.82 Å². The topological polar surface area (TPSA) is 77.3 Å². The number of hydrogen-bond acceptors (Lipinski definition) is 5. The van der Waals surface area contributed by atoms with E-state index in [4.69, 9.17) is 5.26 Å². The van der Waals surface area contributed by atoms with E-state index in [0.717, 1.165) is 5.69 Å². The van der Waals surface area contributed by atoms with Gasteiger partial charge in [0.2, 0.25) is 10.0 Å². The molecule has 0 aliphatic carbocycles. The predicted molar refractivity (Wildman–Crippen MR) is 72.3 cm³/mol. The molecule has 102 valence electrons. The molecule has 1 saturated heterocycles. The van der Waals surface area contributed by atoms with Crippen LogP contribution in [0.1, 0.15) is 11.3 Å². The lowest BCUT2D eigenvalue weighted by Crippen LogP contribution is -2.48.